The van der Waals surface area contributed by atoms with Crippen LogP contribution in [0.1, 0.15) is 37.0 Å². The van der Waals surface area contributed by atoms with Crippen molar-refractivity contribution in [1.29, 1.82) is 0 Å². The van der Waals surface area contributed by atoms with Crippen LogP contribution in [0.5, 0.6) is 0 Å². The van der Waals surface area contributed by atoms with Crippen LogP contribution in [0.4, 0.5) is 0 Å². The maximum absolute atomic E-state index is 5.62. The first-order valence-corrected chi connectivity index (χ1v) is 8.01. The van der Waals surface area contributed by atoms with Crippen molar-refractivity contribution in [3.05, 3.63) is 23.7 Å². The van der Waals surface area contributed by atoms with E-state index in [9.17, 15) is 0 Å². The zero-order valence-corrected chi connectivity index (χ0v) is 12.6. The van der Waals surface area contributed by atoms with E-state index in [1.807, 2.05) is 6.26 Å². The molecule has 1 N–H and O–H groups in total. The number of rotatable bonds is 8. The van der Waals surface area contributed by atoms with Gasteiger partial charge >= 0.3 is 0 Å². The van der Waals surface area contributed by atoms with Gasteiger partial charge in [0.15, 0.2) is 0 Å². The van der Waals surface area contributed by atoms with E-state index < -0.39 is 0 Å². The average Bonchev–Trinajstić information content (AvgIpc) is 2.95. The maximum atomic E-state index is 5.62. The van der Waals surface area contributed by atoms with Crippen LogP contribution in [-0.2, 0) is 13.1 Å². The van der Waals surface area contributed by atoms with E-state index in [4.69, 9.17) is 4.42 Å². The summed E-state index contributed by atoms with van der Waals surface area (Å²) in [6, 6.07) is 2.86. The van der Waals surface area contributed by atoms with Gasteiger partial charge in [0.05, 0.1) is 12.8 Å². The highest BCUT2D eigenvalue weighted by Gasteiger charge is 2.21. The van der Waals surface area contributed by atoms with Crippen LogP contribution >= 0.6 is 0 Å². The summed E-state index contributed by atoms with van der Waals surface area (Å²) in [4.78, 5) is 4.98. The largest absolute Gasteiger partial charge is 0.468 e. The van der Waals surface area contributed by atoms with Crippen LogP contribution in [-0.4, -0.2) is 49.1 Å². The number of hydrogen-bond donors (Lipinski definition) is 1. The van der Waals surface area contributed by atoms with Gasteiger partial charge in [-0.3, -0.25) is 0 Å². The van der Waals surface area contributed by atoms with Crippen LogP contribution in [0.15, 0.2) is 16.7 Å². The van der Waals surface area contributed by atoms with Crippen molar-refractivity contribution in [2.24, 2.45) is 0 Å². The third kappa shape index (κ3) is 4.08. The molecule has 2 aliphatic rings. The number of nitrogens with zero attached hydrogens (tertiary/aromatic N) is 2. The molecule has 0 amide bonds. The zero-order valence-electron chi connectivity index (χ0n) is 12.6. The summed E-state index contributed by atoms with van der Waals surface area (Å²) in [7, 11) is 2.21. The molecule has 1 aromatic rings. The lowest BCUT2D eigenvalue weighted by Gasteiger charge is -2.21. The summed E-state index contributed by atoms with van der Waals surface area (Å²) in [5, 5.41) is 3.53. The summed E-state index contributed by atoms with van der Waals surface area (Å²) < 4.78 is 5.62. The van der Waals surface area contributed by atoms with E-state index in [1.54, 1.807) is 0 Å². The van der Waals surface area contributed by atoms with Gasteiger partial charge < -0.3 is 19.5 Å². The summed E-state index contributed by atoms with van der Waals surface area (Å²) in [6.07, 6.45) is 7.23. The minimum Gasteiger partial charge on any atom is -0.468 e. The first-order valence-electron chi connectivity index (χ1n) is 8.01. The lowest BCUT2D eigenvalue weighted by molar-refractivity contribution is 0.251. The van der Waals surface area contributed by atoms with Crippen LogP contribution < -0.4 is 5.32 Å². The van der Waals surface area contributed by atoms with Crippen molar-refractivity contribution >= 4 is 0 Å². The number of likely N-dealkylation sites (tertiary alicyclic amines) is 1. The Morgan fingerprint density at radius 2 is 2.15 bits per heavy atom. The van der Waals surface area contributed by atoms with Gasteiger partial charge in [-0.2, -0.15) is 0 Å². The lowest BCUT2D eigenvalue weighted by atomic mass is 10.2. The summed E-state index contributed by atoms with van der Waals surface area (Å²) >= 11 is 0. The molecule has 2 fully saturated rings. The molecule has 1 aliphatic heterocycles. The summed E-state index contributed by atoms with van der Waals surface area (Å²) in [5.74, 6) is 1.12. The Hall–Kier alpha value is -0.840. The molecule has 112 valence electrons. The number of nitrogens with one attached hydrogen (secondary N) is 1. The van der Waals surface area contributed by atoms with Crippen molar-refractivity contribution < 1.29 is 4.42 Å². The van der Waals surface area contributed by atoms with Gasteiger partial charge in [0.25, 0.3) is 0 Å². The van der Waals surface area contributed by atoms with Crippen LogP contribution in [0.2, 0.25) is 0 Å². The Morgan fingerprint density at radius 3 is 2.90 bits per heavy atom. The van der Waals surface area contributed by atoms with E-state index >= 15 is 0 Å². The number of hydrogen-bond acceptors (Lipinski definition) is 4. The second kappa shape index (κ2) is 6.74. The third-order valence-corrected chi connectivity index (χ3v) is 4.40. The highest BCUT2D eigenvalue weighted by Crippen LogP contribution is 2.20. The number of furan rings is 1. The molecule has 0 bridgehead atoms. The van der Waals surface area contributed by atoms with Gasteiger partial charge in [-0.1, -0.05) is 0 Å². The zero-order chi connectivity index (χ0) is 13.8. The number of likely N-dealkylation sites (N-methyl/N-ethyl adjacent to an activating group) is 1. The molecule has 1 aliphatic carbocycles. The molecule has 4 nitrogen and oxygen atoms in total. The molecule has 3 rings (SSSR count). The fourth-order valence-corrected chi connectivity index (χ4v) is 2.88. The maximum Gasteiger partial charge on any atom is 0.122 e. The van der Waals surface area contributed by atoms with Crippen molar-refractivity contribution in [1.82, 2.24) is 15.1 Å². The predicted octanol–water partition coefficient (Wildman–Crippen LogP) is 2.06. The fourth-order valence-electron chi connectivity index (χ4n) is 2.88. The molecule has 1 aromatic heterocycles. The SMILES string of the molecule is CN(CCN1CCCC1)Cc1ccoc1CNC1CC1. The Kier molecular flexibility index (Phi) is 4.76. The lowest BCUT2D eigenvalue weighted by Crippen LogP contribution is -2.31. The summed E-state index contributed by atoms with van der Waals surface area (Å²) in [5.41, 5.74) is 1.34. The molecular weight excluding hydrogens is 250 g/mol. The standard InChI is InChI=1S/C16H27N3O/c1-18(9-10-19-7-2-3-8-19)13-14-6-11-20-16(14)12-17-15-4-5-15/h6,11,15,17H,2-5,7-10,12-13H2,1H3. The van der Waals surface area contributed by atoms with Crippen molar-refractivity contribution in [3.63, 3.8) is 0 Å². The first kappa shape index (κ1) is 14.1. The van der Waals surface area contributed by atoms with Crippen LogP contribution in [0, 0.1) is 0 Å². The monoisotopic (exact) mass is 277 g/mol. The van der Waals surface area contributed by atoms with Crippen molar-refractivity contribution in [2.45, 2.75) is 44.8 Å². The minimum atomic E-state index is 0.737. The fraction of sp³-hybridized carbons (Fsp3) is 0.750. The van der Waals surface area contributed by atoms with Crippen molar-refractivity contribution in [2.75, 3.05) is 33.2 Å². The second-order valence-corrected chi connectivity index (χ2v) is 6.31. The van der Waals surface area contributed by atoms with Crippen molar-refractivity contribution in [3.8, 4) is 0 Å². The first-order chi connectivity index (χ1) is 9.81. The normalized spacial score (nSPS) is 20.1. The van der Waals surface area contributed by atoms with Gasteiger partial charge in [0, 0.05) is 31.2 Å². The molecule has 20 heavy (non-hydrogen) atoms. The van der Waals surface area contributed by atoms with Gasteiger partial charge in [-0.05, 0) is 51.9 Å². The molecular formula is C16H27N3O. The van der Waals surface area contributed by atoms with Gasteiger partial charge in [-0.15, -0.1) is 0 Å². The van der Waals surface area contributed by atoms with E-state index in [1.165, 1.54) is 50.9 Å². The Morgan fingerprint density at radius 1 is 1.35 bits per heavy atom. The van der Waals surface area contributed by atoms with Crippen LogP contribution in [0.3, 0.4) is 0 Å². The minimum absolute atomic E-state index is 0.737. The average molecular weight is 277 g/mol. The molecule has 1 saturated heterocycles. The predicted molar refractivity (Wildman–Crippen MR) is 80.6 cm³/mol. The topological polar surface area (TPSA) is 31.6 Å². The van der Waals surface area contributed by atoms with Gasteiger partial charge in [-0.25, -0.2) is 0 Å². The van der Waals surface area contributed by atoms with Crippen LogP contribution in [0.25, 0.3) is 0 Å². The third-order valence-electron chi connectivity index (χ3n) is 4.40. The molecule has 0 aromatic carbocycles. The smallest absolute Gasteiger partial charge is 0.122 e. The molecule has 2 heterocycles. The summed E-state index contributed by atoms with van der Waals surface area (Å²) in [6.45, 7) is 6.79. The molecule has 1 saturated carbocycles. The second-order valence-electron chi connectivity index (χ2n) is 6.31. The molecule has 0 spiro atoms. The van der Waals surface area contributed by atoms with Gasteiger partial charge in [0.1, 0.15) is 5.76 Å². The Labute approximate surface area is 122 Å². The van der Waals surface area contributed by atoms with Gasteiger partial charge in [0.2, 0.25) is 0 Å². The van der Waals surface area contributed by atoms with E-state index in [2.05, 4.69) is 28.2 Å². The highest BCUT2D eigenvalue weighted by molar-refractivity contribution is 5.17. The molecule has 0 unspecified atom stereocenters. The molecule has 0 radical (unpaired) electrons. The quantitative estimate of drug-likeness (QED) is 0.788. The Balaban J connectivity index is 1.42. The van der Waals surface area contributed by atoms with E-state index in [-0.39, 0.29) is 0 Å². The molecule has 4 heteroatoms. The Bertz CT molecular complexity index is 408. The highest BCUT2D eigenvalue weighted by atomic mass is 16.3. The van der Waals surface area contributed by atoms with E-state index in [0.29, 0.717) is 0 Å². The molecule has 0 atom stereocenters. The van der Waals surface area contributed by atoms with E-state index in [0.717, 1.165) is 31.4 Å².